The molecule has 100 valence electrons. The number of halogens is 1. The fraction of sp³-hybridized carbons (Fsp3) is 0.462. The number of hydrogen-bond acceptors (Lipinski definition) is 3. The van der Waals surface area contributed by atoms with Gasteiger partial charge in [0.1, 0.15) is 5.75 Å². The second-order valence-corrected chi connectivity index (χ2v) is 4.44. The van der Waals surface area contributed by atoms with Crippen molar-refractivity contribution >= 4 is 17.6 Å². The van der Waals surface area contributed by atoms with Crippen LogP contribution in [0.5, 0.6) is 5.75 Å². The highest BCUT2D eigenvalue weighted by Crippen LogP contribution is 2.27. The number of rotatable bonds is 7. The SMILES string of the molecule is CCCC(Oc1ccc(CCN)cc1Cl)C(=O)O. The minimum Gasteiger partial charge on any atom is -0.479 e. The number of nitrogens with two attached hydrogens (primary N) is 1. The molecular formula is C13H18ClNO3. The summed E-state index contributed by atoms with van der Waals surface area (Å²) in [5.74, 6) is -0.572. The maximum absolute atomic E-state index is 11.0. The van der Waals surface area contributed by atoms with Gasteiger partial charge in [-0.3, -0.25) is 0 Å². The molecule has 0 bridgehead atoms. The first-order valence-electron chi connectivity index (χ1n) is 5.96. The average molecular weight is 272 g/mol. The van der Waals surface area contributed by atoms with E-state index < -0.39 is 12.1 Å². The molecule has 0 saturated carbocycles. The van der Waals surface area contributed by atoms with Gasteiger partial charge in [0.15, 0.2) is 6.10 Å². The average Bonchev–Trinajstić information content (AvgIpc) is 2.31. The summed E-state index contributed by atoms with van der Waals surface area (Å²) in [6.07, 6.45) is 1.07. The lowest BCUT2D eigenvalue weighted by Gasteiger charge is -2.15. The second kappa shape index (κ2) is 7.24. The fourth-order valence-electron chi connectivity index (χ4n) is 1.61. The molecule has 3 N–H and O–H groups in total. The van der Waals surface area contributed by atoms with Gasteiger partial charge >= 0.3 is 5.97 Å². The van der Waals surface area contributed by atoms with E-state index in [-0.39, 0.29) is 0 Å². The summed E-state index contributed by atoms with van der Waals surface area (Å²) < 4.78 is 5.42. The van der Waals surface area contributed by atoms with Gasteiger partial charge in [-0.15, -0.1) is 0 Å². The highest BCUT2D eigenvalue weighted by Gasteiger charge is 2.19. The van der Waals surface area contributed by atoms with E-state index in [4.69, 9.17) is 27.2 Å². The first-order valence-corrected chi connectivity index (χ1v) is 6.34. The number of carboxylic acid groups (broad SMARTS) is 1. The minimum atomic E-state index is -0.973. The van der Waals surface area contributed by atoms with E-state index in [0.717, 1.165) is 18.4 Å². The lowest BCUT2D eigenvalue weighted by Crippen LogP contribution is -2.26. The molecule has 1 rings (SSSR count). The third kappa shape index (κ3) is 4.20. The van der Waals surface area contributed by atoms with Gasteiger partial charge in [0.2, 0.25) is 0 Å². The number of carbonyl (C=O) groups is 1. The van der Waals surface area contributed by atoms with E-state index in [1.165, 1.54) is 0 Å². The van der Waals surface area contributed by atoms with Crippen LogP contribution in [0.1, 0.15) is 25.3 Å². The van der Waals surface area contributed by atoms with E-state index in [1.807, 2.05) is 13.0 Å². The fourth-order valence-corrected chi connectivity index (χ4v) is 1.86. The molecule has 0 aliphatic rings. The number of ether oxygens (including phenoxy) is 1. The smallest absolute Gasteiger partial charge is 0.344 e. The van der Waals surface area contributed by atoms with Crippen LogP contribution in [0.15, 0.2) is 18.2 Å². The summed E-state index contributed by atoms with van der Waals surface area (Å²) in [5, 5.41) is 9.43. The van der Waals surface area contributed by atoms with E-state index in [9.17, 15) is 4.79 Å². The summed E-state index contributed by atoms with van der Waals surface area (Å²) in [6.45, 7) is 2.45. The lowest BCUT2D eigenvalue weighted by atomic mass is 10.1. The van der Waals surface area contributed by atoms with E-state index in [1.54, 1.807) is 12.1 Å². The standard InChI is InChI=1S/C13H18ClNO3/c1-2-3-12(13(16)17)18-11-5-4-9(6-7-15)8-10(11)14/h4-5,8,12H,2-3,6-7,15H2,1H3,(H,16,17). The molecule has 0 heterocycles. The van der Waals surface area contributed by atoms with Crippen LogP contribution in [0.3, 0.4) is 0 Å². The molecule has 0 spiro atoms. The Morgan fingerprint density at radius 2 is 2.28 bits per heavy atom. The van der Waals surface area contributed by atoms with Gasteiger partial charge in [0, 0.05) is 0 Å². The Balaban J connectivity index is 2.80. The van der Waals surface area contributed by atoms with Crippen LogP contribution in [0.2, 0.25) is 5.02 Å². The van der Waals surface area contributed by atoms with Gasteiger partial charge < -0.3 is 15.6 Å². The van der Waals surface area contributed by atoms with Gasteiger partial charge in [0.25, 0.3) is 0 Å². The molecule has 0 aliphatic carbocycles. The maximum Gasteiger partial charge on any atom is 0.344 e. The highest BCUT2D eigenvalue weighted by molar-refractivity contribution is 6.32. The Labute approximate surface area is 112 Å². The van der Waals surface area contributed by atoms with Crippen LogP contribution in [-0.2, 0) is 11.2 Å². The first kappa shape index (κ1) is 14.8. The third-order valence-electron chi connectivity index (χ3n) is 2.52. The second-order valence-electron chi connectivity index (χ2n) is 4.04. The Kier molecular flexibility index (Phi) is 5.95. The molecule has 5 heteroatoms. The Morgan fingerprint density at radius 1 is 1.56 bits per heavy atom. The highest BCUT2D eigenvalue weighted by atomic mass is 35.5. The number of benzene rings is 1. The lowest BCUT2D eigenvalue weighted by molar-refractivity contribution is -0.145. The quantitative estimate of drug-likeness (QED) is 0.799. The Morgan fingerprint density at radius 3 is 2.78 bits per heavy atom. The Hall–Kier alpha value is -1.26. The largest absolute Gasteiger partial charge is 0.479 e. The summed E-state index contributed by atoms with van der Waals surface area (Å²) in [5.41, 5.74) is 6.47. The monoisotopic (exact) mass is 271 g/mol. The zero-order chi connectivity index (χ0) is 13.5. The topological polar surface area (TPSA) is 72.5 Å². The molecule has 0 amide bonds. The van der Waals surface area contributed by atoms with Crippen molar-refractivity contribution in [3.05, 3.63) is 28.8 Å². The summed E-state index contributed by atoms with van der Waals surface area (Å²) in [4.78, 5) is 11.0. The van der Waals surface area contributed by atoms with E-state index >= 15 is 0 Å². The van der Waals surface area contributed by atoms with Crippen molar-refractivity contribution in [2.75, 3.05) is 6.54 Å². The van der Waals surface area contributed by atoms with Crippen molar-refractivity contribution in [1.29, 1.82) is 0 Å². The molecule has 0 fully saturated rings. The molecule has 1 aromatic carbocycles. The Bertz CT molecular complexity index is 409. The van der Waals surface area contributed by atoms with Crippen molar-refractivity contribution in [2.45, 2.75) is 32.3 Å². The number of hydrogen-bond donors (Lipinski definition) is 2. The van der Waals surface area contributed by atoms with Gasteiger partial charge in [0.05, 0.1) is 5.02 Å². The molecular weight excluding hydrogens is 254 g/mol. The molecule has 18 heavy (non-hydrogen) atoms. The molecule has 1 atom stereocenters. The molecule has 0 saturated heterocycles. The van der Waals surface area contributed by atoms with Crippen molar-refractivity contribution < 1.29 is 14.6 Å². The summed E-state index contributed by atoms with van der Waals surface area (Å²) >= 11 is 6.06. The third-order valence-corrected chi connectivity index (χ3v) is 2.82. The summed E-state index contributed by atoms with van der Waals surface area (Å²) in [7, 11) is 0. The predicted octanol–water partition coefficient (Wildman–Crippen LogP) is 2.47. The van der Waals surface area contributed by atoms with E-state index in [2.05, 4.69) is 0 Å². The van der Waals surface area contributed by atoms with Gasteiger partial charge in [-0.05, 0) is 37.1 Å². The molecule has 0 radical (unpaired) electrons. The van der Waals surface area contributed by atoms with Crippen LogP contribution < -0.4 is 10.5 Å². The molecule has 1 unspecified atom stereocenters. The normalized spacial score (nSPS) is 12.2. The maximum atomic E-state index is 11.0. The molecule has 1 aromatic rings. The predicted molar refractivity (Wildman–Crippen MR) is 71.2 cm³/mol. The van der Waals surface area contributed by atoms with Crippen LogP contribution in [0.25, 0.3) is 0 Å². The van der Waals surface area contributed by atoms with E-state index in [0.29, 0.717) is 23.7 Å². The van der Waals surface area contributed by atoms with Crippen molar-refractivity contribution in [3.8, 4) is 5.75 Å². The van der Waals surface area contributed by atoms with Crippen LogP contribution in [0, 0.1) is 0 Å². The van der Waals surface area contributed by atoms with Crippen molar-refractivity contribution in [1.82, 2.24) is 0 Å². The van der Waals surface area contributed by atoms with Gasteiger partial charge in [-0.25, -0.2) is 4.79 Å². The van der Waals surface area contributed by atoms with Crippen LogP contribution >= 0.6 is 11.6 Å². The summed E-state index contributed by atoms with van der Waals surface area (Å²) in [6, 6.07) is 5.30. The zero-order valence-corrected chi connectivity index (χ0v) is 11.1. The number of aliphatic carboxylic acids is 1. The molecule has 0 aliphatic heterocycles. The first-order chi connectivity index (χ1) is 8.58. The van der Waals surface area contributed by atoms with Crippen LogP contribution in [-0.4, -0.2) is 23.7 Å². The molecule has 0 aromatic heterocycles. The van der Waals surface area contributed by atoms with Crippen molar-refractivity contribution in [2.24, 2.45) is 5.73 Å². The van der Waals surface area contributed by atoms with Crippen molar-refractivity contribution in [3.63, 3.8) is 0 Å². The van der Waals surface area contributed by atoms with Gasteiger partial charge in [-0.1, -0.05) is 31.0 Å². The molecule has 4 nitrogen and oxygen atoms in total. The van der Waals surface area contributed by atoms with Gasteiger partial charge in [-0.2, -0.15) is 0 Å². The van der Waals surface area contributed by atoms with Crippen LogP contribution in [0.4, 0.5) is 0 Å². The zero-order valence-electron chi connectivity index (χ0n) is 10.4. The number of carboxylic acids is 1. The minimum absolute atomic E-state index is 0.401.